The molecule has 26 heavy (non-hydrogen) atoms. The molecule has 2 unspecified atom stereocenters. The van der Waals surface area contributed by atoms with Gasteiger partial charge in [0, 0.05) is 6.04 Å². The maximum atomic E-state index is 12.6. The van der Waals surface area contributed by atoms with Crippen molar-refractivity contribution in [2.75, 3.05) is 0 Å². The molecule has 0 spiro atoms. The quantitative estimate of drug-likeness (QED) is 0.754. The second-order valence-electron chi connectivity index (χ2n) is 6.97. The minimum absolute atomic E-state index is 0.145. The molecule has 0 N–H and O–H groups in total. The Morgan fingerprint density at radius 3 is 2.58 bits per heavy atom. The monoisotopic (exact) mass is 345 g/mol. The zero-order chi connectivity index (χ0) is 17.9. The van der Waals surface area contributed by atoms with Gasteiger partial charge < -0.3 is 4.74 Å². The van der Waals surface area contributed by atoms with Gasteiger partial charge in [-0.3, -0.25) is 4.90 Å². The van der Waals surface area contributed by atoms with E-state index in [9.17, 15) is 4.79 Å². The number of fused-ring (bicyclic) bond motifs is 2. The number of carbonyl (C=O) groups excluding carboxylic acids is 1. The summed E-state index contributed by atoms with van der Waals surface area (Å²) in [5, 5.41) is 0. The van der Waals surface area contributed by atoms with Crippen LogP contribution in [-0.4, -0.2) is 23.1 Å². The molecular weight excluding hydrogens is 322 g/mol. The van der Waals surface area contributed by atoms with E-state index in [1.807, 2.05) is 41.3 Å². The van der Waals surface area contributed by atoms with Gasteiger partial charge in [0.15, 0.2) is 0 Å². The molecule has 1 amide bonds. The first kappa shape index (κ1) is 16.6. The second kappa shape index (κ2) is 7.20. The lowest BCUT2D eigenvalue weighted by Crippen LogP contribution is -2.43. The van der Waals surface area contributed by atoms with Crippen LogP contribution in [0.4, 0.5) is 4.79 Å². The summed E-state index contributed by atoms with van der Waals surface area (Å²) < 4.78 is 5.57. The number of hydrogen-bond donors (Lipinski definition) is 0. The minimum atomic E-state index is -0.196. The molecule has 2 aliphatic heterocycles. The van der Waals surface area contributed by atoms with E-state index in [0.29, 0.717) is 6.61 Å². The van der Waals surface area contributed by atoms with Crippen LogP contribution < -0.4 is 0 Å². The van der Waals surface area contributed by atoms with Gasteiger partial charge in [0.2, 0.25) is 0 Å². The predicted octanol–water partition coefficient (Wildman–Crippen LogP) is 5.29. The third-order valence-corrected chi connectivity index (χ3v) is 5.33. The number of benzene rings is 2. The van der Waals surface area contributed by atoms with Crippen LogP contribution in [-0.2, 0) is 11.3 Å². The Morgan fingerprint density at radius 1 is 1.12 bits per heavy atom. The first-order valence-electron chi connectivity index (χ1n) is 9.17. The molecule has 3 heteroatoms. The molecule has 1 saturated heterocycles. The molecule has 0 aromatic heterocycles. The third-order valence-electron chi connectivity index (χ3n) is 5.33. The molecule has 1 fully saturated rings. The molecule has 2 aliphatic rings. The Morgan fingerprint density at radius 2 is 1.88 bits per heavy atom. The zero-order valence-corrected chi connectivity index (χ0v) is 14.8. The fourth-order valence-corrected chi connectivity index (χ4v) is 3.96. The normalized spacial score (nSPS) is 21.2. The van der Waals surface area contributed by atoms with Gasteiger partial charge in [-0.1, -0.05) is 73.3 Å². The summed E-state index contributed by atoms with van der Waals surface area (Å²) in [6.45, 7) is 4.13. The van der Waals surface area contributed by atoms with Gasteiger partial charge in [0.25, 0.3) is 0 Å². The number of rotatable bonds is 4. The van der Waals surface area contributed by atoms with Crippen molar-refractivity contribution in [1.29, 1.82) is 0 Å². The smallest absolute Gasteiger partial charge is 0.410 e. The standard InChI is InChI=1S/C23H23NO2/c1-2-17-8-10-19(11-9-17)20-14-21-12-13-22(15-20)24(21)23(25)26-16-18-6-4-3-5-7-18/h2-11,14,21-22H,1,12-13,15-16H2. The van der Waals surface area contributed by atoms with Crippen molar-refractivity contribution in [2.45, 2.75) is 38.0 Å². The summed E-state index contributed by atoms with van der Waals surface area (Å²) in [5.74, 6) is 0. The molecule has 2 atom stereocenters. The van der Waals surface area contributed by atoms with Gasteiger partial charge in [0.1, 0.15) is 6.61 Å². The summed E-state index contributed by atoms with van der Waals surface area (Å²) in [7, 11) is 0. The van der Waals surface area contributed by atoms with E-state index in [-0.39, 0.29) is 18.2 Å². The first-order chi connectivity index (χ1) is 12.7. The maximum Gasteiger partial charge on any atom is 0.410 e. The fourth-order valence-electron chi connectivity index (χ4n) is 3.96. The van der Waals surface area contributed by atoms with Gasteiger partial charge in [-0.25, -0.2) is 4.79 Å². The largest absolute Gasteiger partial charge is 0.445 e. The van der Waals surface area contributed by atoms with Crippen molar-refractivity contribution in [3.8, 4) is 0 Å². The second-order valence-corrected chi connectivity index (χ2v) is 6.97. The van der Waals surface area contributed by atoms with Gasteiger partial charge in [-0.15, -0.1) is 0 Å². The summed E-state index contributed by atoms with van der Waals surface area (Å²) in [4.78, 5) is 14.6. The van der Waals surface area contributed by atoms with E-state index in [1.165, 1.54) is 11.1 Å². The lowest BCUT2D eigenvalue weighted by Gasteiger charge is -2.33. The molecule has 2 bridgehead atoms. The van der Waals surface area contributed by atoms with Crippen molar-refractivity contribution >= 4 is 17.7 Å². The lowest BCUT2D eigenvalue weighted by atomic mass is 9.94. The van der Waals surface area contributed by atoms with E-state index < -0.39 is 0 Å². The molecule has 0 aliphatic carbocycles. The number of nitrogens with zero attached hydrogens (tertiary/aromatic N) is 1. The van der Waals surface area contributed by atoms with Gasteiger partial charge >= 0.3 is 6.09 Å². The number of amides is 1. The highest BCUT2D eigenvalue weighted by atomic mass is 16.6. The summed E-state index contributed by atoms with van der Waals surface area (Å²) in [5.41, 5.74) is 4.72. The van der Waals surface area contributed by atoms with Crippen molar-refractivity contribution in [2.24, 2.45) is 0 Å². The zero-order valence-electron chi connectivity index (χ0n) is 14.8. The molecule has 132 valence electrons. The number of ether oxygens (including phenoxy) is 1. The van der Waals surface area contributed by atoms with E-state index in [1.54, 1.807) is 0 Å². The van der Waals surface area contributed by atoms with Crippen LogP contribution in [0.3, 0.4) is 0 Å². The topological polar surface area (TPSA) is 29.5 Å². The number of hydrogen-bond acceptors (Lipinski definition) is 2. The molecule has 2 heterocycles. The fraction of sp³-hybridized carbons (Fsp3) is 0.261. The molecular formula is C23H23NO2. The van der Waals surface area contributed by atoms with Crippen molar-refractivity contribution < 1.29 is 9.53 Å². The number of carbonyl (C=O) groups is 1. The predicted molar refractivity (Wildman–Crippen MR) is 104 cm³/mol. The van der Waals surface area contributed by atoms with Crippen molar-refractivity contribution in [1.82, 2.24) is 4.90 Å². The van der Waals surface area contributed by atoms with Crippen LogP contribution in [0.25, 0.3) is 11.6 Å². The average Bonchev–Trinajstić information content (AvgIpc) is 2.96. The van der Waals surface area contributed by atoms with Crippen molar-refractivity contribution in [3.05, 3.63) is 83.9 Å². The van der Waals surface area contributed by atoms with Gasteiger partial charge in [0.05, 0.1) is 6.04 Å². The van der Waals surface area contributed by atoms with E-state index >= 15 is 0 Å². The molecule has 0 radical (unpaired) electrons. The Balaban J connectivity index is 1.45. The van der Waals surface area contributed by atoms with E-state index in [0.717, 1.165) is 30.4 Å². The molecule has 4 rings (SSSR count). The molecule has 2 aromatic carbocycles. The highest BCUT2D eigenvalue weighted by Gasteiger charge is 2.40. The molecule has 0 saturated carbocycles. The van der Waals surface area contributed by atoms with E-state index in [4.69, 9.17) is 4.74 Å². The van der Waals surface area contributed by atoms with E-state index in [2.05, 4.69) is 36.9 Å². The van der Waals surface area contributed by atoms with Crippen LogP contribution in [0.15, 0.2) is 67.3 Å². The molecule has 2 aromatic rings. The highest BCUT2D eigenvalue weighted by Crippen LogP contribution is 2.39. The Hall–Kier alpha value is -2.81. The lowest BCUT2D eigenvalue weighted by molar-refractivity contribution is 0.0832. The Labute approximate surface area is 154 Å². The van der Waals surface area contributed by atoms with Crippen LogP contribution in [0.2, 0.25) is 0 Å². The van der Waals surface area contributed by atoms with Crippen LogP contribution in [0, 0.1) is 0 Å². The van der Waals surface area contributed by atoms with Crippen molar-refractivity contribution in [3.63, 3.8) is 0 Å². The summed E-state index contributed by atoms with van der Waals surface area (Å²) in [6.07, 6.45) is 6.85. The van der Waals surface area contributed by atoms with Crippen LogP contribution in [0.5, 0.6) is 0 Å². The van der Waals surface area contributed by atoms with Crippen LogP contribution in [0.1, 0.15) is 36.0 Å². The Kier molecular flexibility index (Phi) is 4.61. The SMILES string of the molecule is C=Cc1ccc(C2=CC3CCC(C2)N3C(=O)OCc2ccccc2)cc1. The third kappa shape index (κ3) is 3.30. The summed E-state index contributed by atoms with van der Waals surface area (Å²) >= 11 is 0. The first-order valence-corrected chi connectivity index (χ1v) is 9.17. The minimum Gasteiger partial charge on any atom is -0.445 e. The highest BCUT2D eigenvalue weighted by molar-refractivity contribution is 5.75. The maximum absolute atomic E-state index is 12.6. The Bertz CT molecular complexity index is 823. The van der Waals surface area contributed by atoms with Gasteiger partial charge in [-0.2, -0.15) is 0 Å². The summed E-state index contributed by atoms with van der Waals surface area (Å²) in [6, 6.07) is 18.7. The molecule has 3 nitrogen and oxygen atoms in total. The van der Waals surface area contributed by atoms with Crippen LogP contribution >= 0.6 is 0 Å². The van der Waals surface area contributed by atoms with Gasteiger partial charge in [-0.05, 0) is 41.5 Å². The average molecular weight is 345 g/mol.